The SMILES string of the molecule is O=C1N=CC(C2=NC(=O)N=C2)=N1. The molecule has 0 aliphatic carbocycles. The molecule has 0 aromatic rings. The summed E-state index contributed by atoms with van der Waals surface area (Å²) in [6.07, 6.45) is 2.51. The Morgan fingerprint density at radius 1 is 0.833 bits per heavy atom. The molecule has 58 valence electrons. The number of carbonyl (C=O) groups is 2. The van der Waals surface area contributed by atoms with E-state index in [-0.39, 0.29) is 11.4 Å². The highest BCUT2D eigenvalue weighted by atomic mass is 16.2. The second kappa shape index (κ2) is 2.26. The van der Waals surface area contributed by atoms with Crippen molar-refractivity contribution in [1.82, 2.24) is 0 Å². The average molecular weight is 162 g/mol. The first-order valence-corrected chi connectivity index (χ1v) is 3.09. The predicted molar refractivity (Wildman–Crippen MR) is 42.6 cm³/mol. The lowest BCUT2D eigenvalue weighted by molar-refractivity contribution is 0.256. The molecular weight excluding hydrogens is 160 g/mol. The fourth-order valence-electron chi connectivity index (χ4n) is 0.801. The number of nitrogens with zero attached hydrogens (tertiary/aromatic N) is 4. The number of rotatable bonds is 1. The van der Waals surface area contributed by atoms with Crippen LogP contribution in [-0.4, -0.2) is 35.9 Å². The molecule has 0 unspecified atom stereocenters. The number of aliphatic imine (C=N–C) groups is 4. The second-order valence-electron chi connectivity index (χ2n) is 2.08. The van der Waals surface area contributed by atoms with Crippen molar-refractivity contribution >= 4 is 35.9 Å². The van der Waals surface area contributed by atoms with Crippen molar-refractivity contribution in [3.8, 4) is 0 Å². The summed E-state index contributed by atoms with van der Waals surface area (Å²) in [6, 6.07) is -1.17. The van der Waals surface area contributed by atoms with Crippen molar-refractivity contribution in [2.75, 3.05) is 0 Å². The molecule has 6 heteroatoms. The van der Waals surface area contributed by atoms with E-state index in [2.05, 4.69) is 20.0 Å². The fourth-order valence-corrected chi connectivity index (χ4v) is 0.801. The van der Waals surface area contributed by atoms with Gasteiger partial charge in [-0.05, 0) is 0 Å². The fraction of sp³-hybridized carbons (Fsp3) is 0. The molecule has 0 bridgehead atoms. The zero-order valence-electron chi connectivity index (χ0n) is 5.76. The van der Waals surface area contributed by atoms with Crippen LogP contribution >= 0.6 is 0 Å². The number of carbonyl (C=O) groups excluding carboxylic acids is 2. The molecule has 2 aliphatic heterocycles. The van der Waals surface area contributed by atoms with Gasteiger partial charge in [0.15, 0.2) is 0 Å². The molecule has 0 saturated carbocycles. The Balaban J connectivity index is 2.34. The molecule has 0 saturated heterocycles. The van der Waals surface area contributed by atoms with Crippen LogP contribution in [0.15, 0.2) is 20.0 Å². The van der Waals surface area contributed by atoms with Gasteiger partial charge in [0.25, 0.3) is 0 Å². The molecule has 0 aromatic carbocycles. The molecular formula is C6H2N4O2. The summed E-state index contributed by atoms with van der Waals surface area (Å²) in [5.41, 5.74) is 0.573. The first kappa shape index (κ1) is 6.71. The molecule has 0 N–H and O–H groups in total. The first-order chi connectivity index (χ1) is 5.75. The highest BCUT2D eigenvalue weighted by Gasteiger charge is 2.17. The van der Waals surface area contributed by atoms with Gasteiger partial charge in [-0.3, -0.25) is 0 Å². The van der Waals surface area contributed by atoms with Gasteiger partial charge in [-0.2, -0.15) is 20.0 Å². The van der Waals surface area contributed by atoms with Gasteiger partial charge in [-0.1, -0.05) is 0 Å². The maximum Gasteiger partial charge on any atom is 0.367 e. The normalized spacial score (nSPS) is 20.3. The topological polar surface area (TPSA) is 83.6 Å². The van der Waals surface area contributed by atoms with Crippen LogP contribution in [0.1, 0.15) is 0 Å². The molecule has 0 radical (unpaired) electrons. The third-order valence-electron chi connectivity index (χ3n) is 1.29. The smallest absolute Gasteiger partial charge is 0.244 e. The van der Waals surface area contributed by atoms with Crippen LogP contribution in [0.4, 0.5) is 9.59 Å². The molecule has 4 amide bonds. The molecule has 2 heterocycles. The van der Waals surface area contributed by atoms with Crippen molar-refractivity contribution in [2.45, 2.75) is 0 Å². The Bertz CT molecular complexity index is 350. The third kappa shape index (κ3) is 0.986. The van der Waals surface area contributed by atoms with E-state index in [0.29, 0.717) is 0 Å². The number of hydrogen-bond donors (Lipinski definition) is 0. The number of hydrogen-bond acceptors (Lipinski definition) is 2. The summed E-state index contributed by atoms with van der Waals surface area (Å²) in [5.74, 6) is 0. The standard InChI is InChI=1S/C6H2N4O2/c11-5-7-1-3(9-5)4-2-8-6(12)10-4/h1-2H. The van der Waals surface area contributed by atoms with Gasteiger partial charge in [0.2, 0.25) is 0 Å². The van der Waals surface area contributed by atoms with Crippen LogP contribution in [-0.2, 0) is 0 Å². The Hall–Kier alpha value is -1.98. The van der Waals surface area contributed by atoms with E-state index in [4.69, 9.17) is 0 Å². The molecule has 0 atom stereocenters. The summed E-state index contributed by atoms with van der Waals surface area (Å²) in [5, 5.41) is 0. The minimum absolute atomic E-state index is 0.287. The molecule has 2 rings (SSSR count). The third-order valence-corrected chi connectivity index (χ3v) is 1.29. The second-order valence-corrected chi connectivity index (χ2v) is 2.08. The minimum atomic E-state index is -0.583. The summed E-state index contributed by atoms with van der Waals surface area (Å²) >= 11 is 0. The van der Waals surface area contributed by atoms with Gasteiger partial charge in [-0.25, -0.2) is 9.59 Å². The Kier molecular flexibility index (Phi) is 1.26. The Morgan fingerprint density at radius 2 is 1.25 bits per heavy atom. The summed E-state index contributed by atoms with van der Waals surface area (Å²) in [6.45, 7) is 0. The van der Waals surface area contributed by atoms with Crippen LogP contribution in [0, 0.1) is 0 Å². The van der Waals surface area contributed by atoms with Gasteiger partial charge in [0, 0.05) is 0 Å². The van der Waals surface area contributed by atoms with E-state index in [9.17, 15) is 9.59 Å². The Morgan fingerprint density at radius 3 is 1.50 bits per heavy atom. The van der Waals surface area contributed by atoms with E-state index < -0.39 is 12.1 Å². The molecule has 0 aromatic heterocycles. The molecule has 12 heavy (non-hydrogen) atoms. The van der Waals surface area contributed by atoms with E-state index in [1.807, 2.05) is 0 Å². The minimum Gasteiger partial charge on any atom is -0.244 e. The Labute approximate surface area is 66.5 Å². The first-order valence-electron chi connectivity index (χ1n) is 3.09. The van der Waals surface area contributed by atoms with Crippen LogP contribution < -0.4 is 0 Å². The van der Waals surface area contributed by atoms with E-state index in [0.717, 1.165) is 0 Å². The van der Waals surface area contributed by atoms with Crippen molar-refractivity contribution in [3.63, 3.8) is 0 Å². The van der Waals surface area contributed by atoms with Crippen molar-refractivity contribution < 1.29 is 9.59 Å². The highest BCUT2D eigenvalue weighted by Crippen LogP contribution is 1.99. The van der Waals surface area contributed by atoms with Crippen LogP contribution in [0.2, 0.25) is 0 Å². The lowest BCUT2D eigenvalue weighted by Crippen LogP contribution is -2.13. The maximum absolute atomic E-state index is 10.5. The van der Waals surface area contributed by atoms with Gasteiger partial charge in [-0.15, -0.1) is 0 Å². The summed E-state index contributed by atoms with van der Waals surface area (Å²) < 4.78 is 0. The molecule has 0 fully saturated rings. The zero-order chi connectivity index (χ0) is 8.55. The van der Waals surface area contributed by atoms with Gasteiger partial charge in [0.05, 0.1) is 12.4 Å². The molecule has 2 aliphatic rings. The zero-order valence-corrected chi connectivity index (χ0v) is 5.76. The lowest BCUT2D eigenvalue weighted by atomic mass is 10.3. The van der Waals surface area contributed by atoms with Gasteiger partial charge >= 0.3 is 12.1 Å². The number of urea groups is 2. The van der Waals surface area contributed by atoms with Crippen molar-refractivity contribution in [2.24, 2.45) is 20.0 Å². The maximum atomic E-state index is 10.5. The van der Waals surface area contributed by atoms with Crippen LogP contribution in [0.25, 0.3) is 0 Å². The predicted octanol–water partition coefficient (Wildman–Crippen LogP) is 0.277. The molecule has 0 spiro atoms. The van der Waals surface area contributed by atoms with Gasteiger partial charge < -0.3 is 0 Å². The van der Waals surface area contributed by atoms with E-state index >= 15 is 0 Å². The monoisotopic (exact) mass is 162 g/mol. The highest BCUT2D eigenvalue weighted by molar-refractivity contribution is 6.78. The largest absolute Gasteiger partial charge is 0.367 e. The summed E-state index contributed by atoms with van der Waals surface area (Å²) in [7, 11) is 0. The lowest BCUT2D eigenvalue weighted by Gasteiger charge is -1.85. The summed E-state index contributed by atoms with van der Waals surface area (Å²) in [4.78, 5) is 34.7. The quantitative estimate of drug-likeness (QED) is 0.554. The molecule has 6 nitrogen and oxygen atoms in total. The van der Waals surface area contributed by atoms with Crippen molar-refractivity contribution in [3.05, 3.63) is 0 Å². The van der Waals surface area contributed by atoms with Gasteiger partial charge in [0.1, 0.15) is 11.4 Å². The van der Waals surface area contributed by atoms with Crippen LogP contribution in [0.5, 0.6) is 0 Å². The van der Waals surface area contributed by atoms with E-state index in [1.165, 1.54) is 12.4 Å². The number of amides is 4. The van der Waals surface area contributed by atoms with E-state index in [1.54, 1.807) is 0 Å². The van der Waals surface area contributed by atoms with Crippen LogP contribution in [0.3, 0.4) is 0 Å². The van der Waals surface area contributed by atoms with Crippen molar-refractivity contribution in [1.29, 1.82) is 0 Å². The average Bonchev–Trinajstić information content (AvgIpc) is 2.58.